The number of nitrogens with zero attached hydrogens (tertiary/aromatic N) is 1. The highest BCUT2D eigenvalue weighted by Crippen LogP contribution is 2.35. The predicted octanol–water partition coefficient (Wildman–Crippen LogP) is 5.53. The molecule has 3 rings (SSSR count). The number of phenols is 1. The Hall–Kier alpha value is -2.50. The van der Waals surface area contributed by atoms with Crippen molar-refractivity contribution in [2.45, 2.75) is 39.7 Å². The number of carbonyl (C=O) groups excluding carboxylic acids is 2. The molecule has 0 saturated carbocycles. The van der Waals surface area contributed by atoms with Gasteiger partial charge in [-0.2, -0.15) is 0 Å². The SMILES string of the molecule is Cc1c(CC(=O)OC(C)(C)C)c2cc(O)c(Cl)cc2n1C(=O)c1ccc(Cl)cc1. The Morgan fingerprint density at radius 3 is 2.31 bits per heavy atom. The first-order valence-electron chi connectivity index (χ1n) is 9.02. The van der Waals surface area contributed by atoms with Crippen LogP contribution in [0.25, 0.3) is 10.9 Å². The van der Waals surface area contributed by atoms with Gasteiger partial charge in [0.25, 0.3) is 5.91 Å². The molecule has 1 N–H and O–H groups in total. The van der Waals surface area contributed by atoms with Crippen molar-refractivity contribution in [3.63, 3.8) is 0 Å². The van der Waals surface area contributed by atoms with Gasteiger partial charge in [0.1, 0.15) is 11.4 Å². The zero-order valence-corrected chi connectivity index (χ0v) is 18.1. The summed E-state index contributed by atoms with van der Waals surface area (Å²) in [6.45, 7) is 7.11. The number of aromatic hydroxyl groups is 1. The molecule has 5 nitrogen and oxygen atoms in total. The van der Waals surface area contributed by atoms with Gasteiger partial charge in [0.15, 0.2) is 0 Å². The molecule has 0 saturated heterocycles. The predicted molar refractivity (Wildman–Crippen MR) is 114 cm³/mol. The zero-order valence-electron chi connectivity index (χ0n) is 16.5. The Labute approximate surface area is 178 Å². The van der Waals surface area contributed by atoms with Crippen molar-refractivity contribution >= 4 is 46.0 Å². The van der Waals surface area contributed by atoms with E-state index >= 15 is 0 Å². The molecule has 3 aromatic rings. The number of carbonyl (C=O) groups is 2. The Kier molecular flexibility index (Phi) is 5.65. The maximum Gasteiger partial charge on any atom is 0.310 e. The van der Waals surface area contributed by atoms with Gasteiger partial charge in [-0.1, -0.05) is 23.2 Å². The summed E-state index contributed by atoms with van der Waals surface area (Å²) in [4.78, 5) is 25.7. The Balaban J connectivity index is 2.16. The molecular weight excluding hydrogens is 413 g/mol. The number of hydrogen-bond donors (Lipinski definition) is 1. The number of aromatic nitrogens is 1. The maximum absolute atomic E-state index is 13.2. The number of phenolic OH excluding ortho intramolecular Hbond substituents is 1. The Morgan fingerprint density at radius 2 is 1.72 bits per heavy atom. The quantitative estimate of drug-likeness (QED) is 0.550. The van der Waals surface area contributed by atoms with Crippen LogP contribution in [0, 0.1) is 6.92 Å². The summed E-state index contributed by atoms with van der Waals surface area (Å²) >= 11 is 12.0. The van der Waals surface area contributed by atoms with E-state index in [1.54, 1.807) is 52.0 Å². The second-order valence-electron chi connectivity index (χ2n) is 7.80. The molecule has 0 atom stereocenters. The lowest BCUT2D eigenvalue weighted by Crippen LogP contribution is -2.25. The number of hydrogen-bond acceptors (Lipinski definition) is 4. The van der Waals surface area contributed by atoms with Crippen LogP contribution in [0.1, 0.15) is 42.4 Å². The van der Waals surface area contributed by atoms with E-state index in [1.165, 1.54) is 16.7 Å². The lowest BCUT2D eigenvalue weighted by molar-refractivity contribution is -0.153. The number of benzene rings is 2. The number of fused-ring (bicyclic) bond motifs is 1. The molecule has 1 aromatic heterocycles. The van der Waals surface area contributed by atoms with E-state index in [0.29, 0.717) is 32.7 Å². The summed E-state index contributed by atoms with van der Waals surface area (Å²) in [5, 5.41) is 11.3. The minimum Gasteiger partial charge on any atom is -0.506 e. The maximum atomic E-state index is 13.2. The number of halogens is 2. The number of esters is 1. The van der Waals surface area contributed by atoms with Crippen LogP contribution < -0.4 is 0 Å². The lowest BCUT2D eigenvalue weighted by Gasteiger charge is -2.19. The van der Waals surface area contributed by atoms with E-state index in [9.17, 15) is 14.7 Å². The van der Waals surface area contributed by atoms with Crippen molar-refractivity contribution < 1.29 is 19.4 Å². The molecule has 29 heavy (non-hydrogen) atoms. The van der Waals surface area contributed by atoms with Crippen LogP contribution in [-0.4, -0.2) is 27.2 Å². The van der Waals surface area contributed by atoms with E-state index in [0.717, 1.165) is 0 Å². The van der Waals surface area contributed by atoms with Crippen LogP contribution in [0.2, 0.25) is 10.0 Å². The highest BCUT2D eigenvalue weighted by Gasteiger charge is 2.25. The molecular formula is C22H21Cl2NO4. The van der Waals surface area contributed by atoms with Gasteiger partial charge in [-0.3, -0.25) is 14.2 Å². The summed E-state index contributed by atoms with van der Waals surface area (Å²) in [5.74, 6) is -0.838. The first-order valence-corrected chi connectivity index (χ1v) is 9.78. The van der Waals surface area contributed by atoms with Crippen LogP contribution in [0.3, 0.4) is 0 Å². The Bertz CT molecular complexity index is 1110. The summed E-state index contributed by atoms with van der Waals surface area (Å²) in [6, 6.07) is 9.52. The molecule has 7 heteroatoms. The molecule has 0 aliphatic rings. The lowest BCUT2D eigenvalue weighted by atomic mass is 10.1. The third-order valence-corrected chi connectivity index (χ3v) is 4.99. The highest BCUT2D eigenvalue weighted by atomic mass is 35.5. The van der Waals surface area contributed by atoms with E-state index in [4.69, 9.17) is 27.9 Å². The Morgan fingerprint density at radius 1 is 1.10 bits per heavy atom. The monoisotopic (exact) mass is 433 g/mol. The summed E-state index contributed by atoms with van der Waals surface area (Å²) in [5.41, 5.74) is 1.48. The summed E-state index contributed by atoms with van der Waals surface area (Å²) < 4.78 is 6.92. The average molecular weight is 434 g/mol. The van der Waals surface area contributed by atoms with Crippen LogP contribution >= 0.6 is 23.2 Å². The molecule has 0 aliphatic heterocycles. The molecule has 0 fully saturated rings. The fraction of sp³-hybridized carbons (Fsp3) is 0.273. The molecule has 0 unspecified atom stereocenters. The molecule has 1 heterocycles. The number of rotatable bonds is 3. The van der Waals surface area contributed by atoms with Gasteiger partial charge in [0, 0.05) is 21.7 Å². The molecule has 0 aliphatic carbocycles. The minimum absolute atomic E-state index is 0.0401. The van der Waals surface area contributed by atoms with Crippen LogP contribution in [0.4, 0.5) is 0 Å². The van der Waals surface area contributed by atoms with E-state index in [1.807, 2.05) is 0 Å². The fourth-order valence-electron chi connectivity index (χ4n) is 3.22. The summed E-state index contributed by atoms with van der Waals surface area (Å²) in [7, 11) is 0. The van der Waals surface area contributed by atoms with Crippen LogP contribution in [0.15, 0.2) is 36.4 Å². The summed E-state index contributed by atoms with van der Waals surface area (Å²) in [6.07, 6.45) is -0.0401. The normalized spacial score (nSPS) is 11.7. The van der Waals surface area contributed by atoms with E-state index in [2.05, 4.69) is 0 Å². The van der Waals surface area contributed by atoms with Crippen molar-refractivity contribution in [3.8, 4) is 5.75 Å². The highest BCUT2D eigenvalue weighted by molar-refractivity contribution is 6.33. The van der Waals surface area contributed by atoms with Gasteiger partial charge in [-0.25, -0.2) is 0 Å². The largest absolute Gasteiger partial charge is 0.506 e. The van der Waals surface area contributed by atoms with Crippen LogP contribution in [0.5, 0.6) is 5.75 Å². The van der Waals surface area contributed by atoms with Gasteiger partial charge >= 0.3 is 5.97 Å². The van der Waals surface area contributed by atoms with Gasteiger partial charge in [0.05, 0.1) is 17.0 Å². The molecule has 152 valence electrons. The second kappa shape index (κ2) is 7.73. The van der Waals surface area contributed by atoms with Gasteiger partial charge in [-0.15, -0.1) is 0 Å². The van der Waals surface area contributed by atoms with Crippen molar-refractivity contribution in [1.82, 2.24) is 4.57 Å². The van der Waals surface area contributed by atoms with Crippen molar-refractivity contribution in [1.29, 1.82) is 0 Å². The van der Waals surface area contributed by atoms with E-state index in [-0.39, 0.29) is 23.1 Å². The van der Waals surface area contributed by atoms with Gasteiger partial charge < -0.3 is 9.84 Å². The third-order valence-electron chi connectivity index (χ3n) is 4.44. The van der Waals surface area contributed by atoms with Crippen molar-refractivity contribution in [2.75, 3.05) is 0 Å². The molecule has 2 aromatic carbocycles. The fourth-order valence-corrected chi connectivity index (χ4v) is 3.50. The first-order chi connectivity index (χ1) is 13.5. The molecule has 0 bridgehead atoms. The molecule has 0 amide bonds. The minimum atomic E-state index is -0.631. The topological polar surface area (TPSA) is 68.5 Å². The second-order valence-corrected chi connectivity index (χ2v) is 8.64. The smallest absolute Gasteiger partial charge is 0.310 e. The first kappa shape index (κ1) is 21.2. The standard InChI is InChI=1S/C22H21Cl2NO4/c1-12-15(10-20(27)29-22(2,3)4)16-9-19(26)17(24)11-18(16)25(12)21(28)13-5-7-14(23)8-6-13/h5-9,11,26H,10H2,1-4H3. The van der Waals surface area contributed by atoms with Crippen molar-refractivity contribution in [2.24, 2.45) is 0 Å². The third kappa shape index (κ3) is 4.41. The number of ether oxygens (including phenoxy) is 1. The van der Waals surface area contributed by atoms with Gasteiger partial charge in [-0.05, 0) is 69.7 Å². The van der Waals surface area contributed by atoms with Crippen LogP contribution in [-0.2, 0) is 16.0 Å². The zero-order chi connectivity index (χ0) is 21.5. The van der Waals surface area contributed by atoms with Crippen molar-refractivity contribution in [3.05, 3.63) is 63.3 Å². The van der Waals surface area contributed by atoms with Gasteiger partial charge in [0.2, 0.25) is 0 Å². The molecule has 0 spiro atoms. The van der Waals surface area contributed by atoms with E-state index < -0.39 is 11.6 Å². The average Bonchev–Trinajstić information content (AvgIpc) is 2.85. The molecule has 0 radical (unpaired) electrons.